The van der Waals surface area contributed by atoms with Crippen LogP contribution in [0, 0.1) is 5.92 Å². The summed E-state index contributed by atoms with van der Waals surface area (Å²) < 4.78 is 11.1. The Labute approximate surface area is 199 Å². The van der Waals surface area contributed by atoms with Crippen LogP contribution < -0.4 is 9.47 Å². The van der Waals surface area contributed by atoms with Crippen molar-refractivity contribution in [1.29, 1.82) is 0 Å². The van der Waals surface area contributed by atoms with Gasteiger partial charge in [-0.15, -0.1) is 0 Å². The quantitative estimate of drug-likeness (QED) is 0.278. The normalized spacial score (nSPS) is 20.4. The summed E-state index contributed by atoms with van der Waals surface area (Å²) in [5.41, 5.74) is 12.8. The summed E-state index contributed by atoms with van der Waals surface area (Å²) >= 11 is 0. The number of amides is 1. The summed E-state index contributed by atoms with van der Waals surface area (Å²) in [6.45, 7) is 4.87. The summed E-state index contributed by atoms with van der Waals surface area (Å²) in [4.78, 5) is 15.7. The third kappa shape index (κ3) is 5.07. The molecule has 1 heterocycles. The van der Waals surface area contributed by atoms with Crippen molar-refractivity contribution in [3.63, 3.8) is 0 Å². The molecule has 2 aliphatic rings. The Morgan fingerprint density at radius 3 is 2.38 bits per heavy atom. The maximum atomic E-state index is 13.0. The molecule has 4 rings (SSSR count). The Bertz CT molecular complexity index is 1120. The van der Waals surface area contributed by atoms with Gasteiger partial charge < -0.3 is 9.47 Å². The SMILES string of the molecule is CCOc1ccc(/C=C2/CCC[C@H]3C2=NN(C(=O)CN=[N+]=[N-])[C@@H]3c2ccc(OCC)cc2)cc1. The van der Waals surface area contributed by atoms with E-state index in [1.165, 1.54) is 5.01 Å². The van der Waals surface area contributed by atoms with Gasteiger partial charge in [0, 0.05) is 10.8 Å². The van der Waals surface area contributed by atoms with Crippen molar-refractivity contribution in [3.8, 4) is 11.5 Å². The molecule has 0 saturated heterocycles. The van der Waals surface area contributed by atoms with Gasteiger partial charge in [0.25, 0.3) is 0 Å². The number of nitrogens with zero attached hydrogens (tertiary/aromatic N) is 5. The number of fused-ring (bicyclic) bond motifs is 1. The molecule has 2 aromatic carbocycles. The molecule has 0 N–H and O–H groups in total. The molecule has 8 heteroatoms. The Balaban J connectivity index is 1.67. The average molecular weight is 460 g/mol. The smallest absolute Gasteiger partial charge is 0.249 e. The van der Waals surface area contributed by atoms with Crippen LogP contribution in [0.4, 0.5) is 0 Å². The fourth-order valence-electron chi connectivity index (χ4n) is 4.66. The average Bonchev–Trinajstić information content (AvgIpc) is 3.25. The van der Waals surface area contributed by atoms with Crippen molar-refractivity contribution in [1.82, 2.24) is 5.01 Å². The van der Waals surface area contributed by atoms with E-state index in [2.05, 4.69) is 16.1 Å². The van der Waals surface area contributed by atoms with Crippen LogP contribution in [0.5, 0.6) is 11.5 Å². The molecule has 34 heavy (non-hydrogen) atoms. The topological polar surface area (TPSA) is 99.9 Å². The van der Waals surface area contributed by atoms with Crippen LogP contribution in [-0.2, 0) is 4.79 Å². The van der Waals surface area contributed by atoms with E-state index in [1.807, 2.05) is 62.4 Å². The lowest BCUT2D eigenvalue weighted by Gasteiger charge is -2.29. The summed E-state index contributed by atoms with van der Waals surface area (Å²) in [6.07, 6.45) is 5.00. The second kappa shape index (κ2) is 10.9. The number of hydrogen-bond acceptors (Lipinski definition) is 5. The minimum absolute atomic E-state index is 0.0793. The van der Waals surface area contributed by atoms with Crippen LogP contribution >= 0.6 is 0 Å². The van der Waals surface area contributed by atoms with Gasteiger partial charge in [0.15, 0.2) is 0 Å². The third-order valence-electron chi connectivity index (χ3n) is 6.09. The Morgan fingerprint density at radius 1 is 1.12 bits per heavy atom. The van der Waals surface area contributed by atoms with Crippen molar-refractivity contribution in [3.05, 3.63) is 75.7 Å². The molecule has 0 unspecified atom stereocenters. The van der Waals surface area contributed by atoms with Gasteiger partial charge in [-0.2, -0.15) is 5.10 Å². The standard InChI is InChI=1S/C26H29N5O3/c1-3-33-21-12-8-18(9-13-21)16-20-6-5-7-23-25(20)29-31(24(32)17-28-30-27)26(23)19-10-14-22(15-11-19)34-4-2/h8-16,23,26H,3-7,17H2,1-2H3/b20-16-/t23-,26+/m0/s1. The largest absolute Gasteiger partial charge is 0.494 e. The minimum Gasteiger partial charge on any atom is -0.494 e. The summed E-state index contributed by atoms with van der Waals surface area (Å²) in [5.74, 6) is 1.40. The molecule has 1 aliphatic carbocycles. The van der Waals surface area contributed by atoms with Crippen LogP contribution in [0.15, 0.2) is 64.3 Å². The summed E-state index contributed by atoms with van der Waals surface area (Å²) in [7, 11) is 0. The molecular formula is C26H29N5O3. The molecule has 2 atom stereocenters. The maximum Gasteiger partial charge on any atom is 0.249 e. The molecule has 8 nitrogen and oxygen atoms in total. The third-order valence-corrected chi connectivity index (χ3v) is 6.09. The second-order valence-electron chi connectivity index (χ2n) is 8.23. The Hall–Kier alpha value is -3.77. The van der Waals surface area contributed by atoms with Gasteiger partial charge in [-0.3, -0.25) is 4.79 Å². The van der Waals surface area contributed by atoms with E-state index in [0.717, 1.165) is 53.2 Å². The zero-order valence-corrected chi connectivity index (χ0v) is 19.6. The van der Waals surface area contributed by atoms with E-state index in [0.29, 0.717) is 13.2 Å². The molecule has 1 aliphatic heterocycles. The molecule has 1 saturated carbocycles. The van der Waals surface area contributed by atoms with Crippen molar-refractivity contribution in [2.45, 2.75) is 39.2 Å². The summed E-state index contributed by atoms with van der Waals surface area (Å²) in [6, 6.07) is 15.6. The predicted molar refractivity (Wildman–Crippen MR) is 132 cm³/mol. The highest BCUT2D eigenvalue weighted by Crippen LogP contribution is 2.44. The maximum absolute atomic E-state index is 13.0. The highest BCUT2D eigenvalue weighted by Gasteiger charge is 2.43. The fraction of sp³-hybridized carbons (Fsp3) is 0.385. The predicted octanol–water partition coefficient (Wildman–Crippen LogP) is 5.92. The van der Waals surface area contributed by atoms with Crippen LogP contribution in [0.3, 0.4) is 0 Å². The van der Waals surface area contributed by atoms with E-state index >= 15 is 0 Å². The highest BCUT2D eigenvalue weighted by molar-refractivity contribution is 6.08. The van der Waals surface area contributed by atoms with E-state index in [9.17, 15) is 4.79 Å². The van der Waals surface area contributed by atoms with Gasteiger partial charge in [-0.1, -0.05) is 29.4 Å². The zero-order valence-electron chi connectivity index (χ0n) is 19.6. The molecule has 0 aromatic heterocycles. The minimum atomic E-state index is -0.306. The number of rotatable bonds is 8. The number of hydrazone groups is 1. The van der Waals surface area contributed by atoms with Gasteiger partial charge in [-0.25, -0.2) is 5.01 Å². The van der Waals surface area contributed by atoms with Crippen LogP contribution in [-0.4, -0.2) is 36.4 Å². The number of hydrogen-bond donors (Lipinski definition) is 0. The van der Waals surface area contributed by atoms with E-state index < -0.39 is 0 Å². The Kier molecular flexibility index (Phi) is 7.50. The van der Waals surface area contributed by atoms with Gasteiger partial charge in [-0.05, 0) is 85.7 Å². The number of ether oxygens (including phenoxy) is 2. The van der Waals surface area contributed by atoms with Crippen molar-refractivity contribution < 1.29 is 14.3 Å². The molecular weight excluding hydrogens is 430 g/mol. The van der Waals surface area contributed by atoms with Crippen LogP contribution in [0.2, 0.25) is 0 Å². The number of allylic oxidation sites excluding steroid dienone is 1. The first-order chi connectivity index (χ1) is 16.6. The number of carbonyl (C=O) groups is 1. The first kappa shape index (κ1) is 23.4. The number of carbonyl (C=O) groups excluding carboxylic acids is 1. The monoisotopic (exact) mass is 459 g/mol. The van der Waals surface area contributed by atoms with Crippen LogP contribution in [0.25, 0.3) is 16.5 Å². The zero-order chi connectivity index (χ0) is 23.9. The van der Waals surface area contributed by atoms with E-state index in [-0.39, 0.29) is 24.4 Å². The molecule has 1 fully saturated rings. The van der Waals surface area contributed by atoms with Crippen molar-refractivity contribution >= 4 is 17.7 Å². The highest BCUT2D eigenvalue weighted by atomic mass is 16.5. The van der Waals surface area contributed by atoms with Crippen LogP contribution in [0.1, 0.15) is 50.3 Å². The van der Waals surface area contributed by atoms with Gasteiger partial charge in [0.1, 0.15) is 18.0 Å². The molecule has 0 radical (unpaired) electrons. The first-order valence-corrected chi connectivity index (χ1v) is 11.7. The molecule has 176 valence electrons. The molecule has 2 aromatic rings. The molecule has 0 spiro atoms. The molecule has 0 bridgehead atoms. The van der Waals surface area contributed by atoms with E-state index in [1.54, 1.807) is 0 Å². The van der Waals surface area contributed by atoms with Gasteiger partial charge >= 0.3 is 0 Å². The number of benzene rings is 2. The Morgan fingerprint density at radius 2 is 1.76 bits per heavy atom. The second-order valence-corrected chi connectivity index (χ2v) is 8.23. The molecule has 1 amide bonds. The lowest BCUT2D eigenvalue weighted by atomic mass is 9.77. The van der Waals surface area contributed by atoms with Crippen molar-refractivity contribution in [2.75, 3.05) is 19.8 Å². The number of azide groups is 1. The van der Waals surface area contributed by atoms with Gasteiger partial charge in [0.05, 0.1) is 25.0 Å². The van der Waals surface area contributed by atoms with Gasteiger partial charge in [0.2, 0.25) is 5.91 Å². The van der Waals surface area contributed by atoms with E-state index in [4.69, 9.17) is 20.1 Å². The lowest BCUT2D eigenvalue weighted by molar-refractivity contribution is -0.132. The lowest BCUT2D eigenvalue weighted by Crippen LogP contribution is -2.33. The fourth-order valence-corrected chi connectivity index (χ4v) is 4.66. The summed E-state index contributed by atoms with van der Waals surface area (Å²) in [5, 5.41) is 9.80. The first-order valence-electron chi connectivity index (χ1n) is 11.7. The van der Waals surface area contributed by atoms with Crippen molar-refractivity contribution in [2.24, 2.45) is 16.1 Å².